The Kier molecular flexibility index (Phi) is 7.47. The quantitative estimate of drug-likeness (QED) is 0.481. The number of hydrogen-bond acceptors (Lipinski definition) is 4. The molecule has 0 radical (unpaired) electrons. The van der Waals surface area contributed by atoms with E-state index in [4.69, 9.17) is 0 Å². The van der Waals surface area contributed by atoms with Crippen LogP contribution in [0.25, 0.3) is 0 Å². The molecule has 1 aromatic heterocycles. The molecule has 2 aromatic rings. The maximum Gasteiger partial charge on any atom is 0.223 e. The number of carbonyl (C=O) groups is 1. The Morgan fingerprint density at radius 1 is 1.12 bits per heavy atom. The molecule has 0 saturated carbocycles. The summed E-state index contributed by atoms with van der Waals surface area (Å²) >= 11 is 0. The van der Waals surface area contributed by atoms with Crippen molar-refractivity contribution in [3.8, 4) is 0 Å². The largest absolute Gasteiger partial charge is 0.632 e. The van der Waals surface area contributed by atoms with Crippen molar-refractivity contribution in [3.63, 3.8) is 0 Å². The maximum atomic E-state index is 13.4. The number of piperidine rings is 1. The zero-order valence-corrected chi connectivity index (χ0v) is 20.1. The second-order valence-electron chi connectivity index (χ2n) is 10.4. The normalized spacial score (nSPS) is 23.6. The third kappa shape index (κ3) is 6.19. The van der Waals surface area contributed by atoms with Gasteiger partial charge in [-0.3, -0.25) is 9.78 Å². The Hall–Kier alpha value is -2.28. The molecule has 1 unspecified atom stereocenters. The fourth-order valence-electron chi connectivity index (χ4n) is 5.45. The molecule has 2 aliphatic rings. The van der Waals surface area contributed by atoms with Gasteiger partial charge in [0.15, 0.2) is 0 Å². The van der Waals surface area contributed by atoms with E-state index in [9.17, 15) is 10.0 Å². The van der Waals surface area contributed by atoms with Crippen LogP contribution < -0.4 is 5.32 Å². The van der Waals surface area contributed by atoms with Gasteiger partial charge in [-0.25, -0.2) is 0 Å². The number of hydroxylamine groups is 3. The Balaban J connectivity index is 1.30. The summed E-state index contributed by atoms with van der Waals surface area (Å²) in [5.41, 5.74) is 2.24. The first-order valence-corrected chi connectivity index (χ1v) is 12.4. The summed E-state index contributed by atoms with van der Waals surface area (Å²) in [5.74, 6) is 0.0786. The van der Waals surface area contributed by atoms with Crippen LogP contribution in [0.15, 0.2) is 54.7 Å². The number of benzene rings is 1. The predicted molar refractivity (Wildman–Crippen MR) is 131 cm³/mol. The predicted octanol–water partition coefficient (Wildman–Crippen LogP) is 4.29. The number of quaternary nitrogens is 1. The van der Waals surface area contributed by atoms with E-state index in [2.05, 4.69) is 27.3 Å². The monoisotopic (exact) mass is 450 g/mol. The Morgan fingerprint density at radius 3 is 2.52 bits per heavy atom. The summed E-state index contributed by atoms with van der Waals surface area (Å²) in [6, 6.07) is 16.1. The minimum atomic E-state index is -0.131. The molecule has 6 heteroatoms. The number of pyridine rings is 1. The number of nitrogens with one attached hydrogen (secondary N) is 1. The lowest BCUT2D eigenvalue weighted by Crippen LogP contribution is -2.46. The van der Waals surface area contributed by atoms with Gasteiger partial charge in [0.2, 0.25) is 5.91 Å². The average Bonchev–Trinajstić information content (AvgIpc) is 3.14. The van der Waals surface area contributed by atoms with Gasteiger partial charge in [0, 0.05) is 30.5 Å². The minimum absolute atomic E-state index is 0.0232. The molecule has 6 nitrogen and oxygen atoms in total. The second-order valence-corrected chi connectivity index (χ2v) is 10.4. The molecular weight excluding hydrogens is 412 g/mol. The van der Waals surface area contributed by atoms with Crippen LogP contribution in [0.4, 0.5) is 0 Å². The number of carbonyl (C=O) groups excluding carboxylic acids is 1. The highest BCUT2D eigenvalue weighted by molar-refractivity contribution is 5.78. The van der Waals surface area contributed by atoms with Crippen LogP contribution in [0.5, 0.6) is 0 Å². The molecule has 0 aliphatic carbocycles. The van der Waals surface area contributed by atoms with Crippen LogP contribution in [-0.2, 0) is 11.3 Å². The molecule has 3 heterocycles. The highest BCUT2D eigenvalue weighted by Crippen LogP contribution is 2.44. The molecule has 33 heavy (non-hydrogen) atoms. The summed E-state index contributed by atoms with van der Waals surface area (Å²) in [6.45, 7) is 8.80. The number of hydrogen-bond donors (Lipinski definition) is 1. The molecule has 2 fully saturated rings. The van der Waals surface area contributed by atoms with Crippen molar-refractivity contribution in [2.75, 3.05) is 32.7 Å². The van der Waals surface area contributed by atoms with E-state index >= 15 is 0 Å². The number of rotatable bonds is 8. The van der Waals surface area contributed by atoms with Gasteiger partial charge in [-0.05, 0) is 50.0 Å². The highest BCUT2D eigenvalue weighted by atomic mass is 16.5. The standard InChI is InChI=1S/C27H38N4O2/c1-22(2)26(32)29-25(23-8-4-3-5-9-23)11-16-30-17-12-27(13-18-30)14-19-31(33,21-27)20-24-10-6-7-15-28-24/h3-10,15,22,25H,11-14,16-21H2,1-2H3,(H,29,32)/t25?,31-/m1/s1. The lowest BCUT2D eigenvalue weighted by atomic mass is 9.77. The number of amides is 1. The summed E-state index contributed by atoms with van der Waals surface area (Å²) in [5, 5.41) is 16.6. The lowest BCUT2D eigenvalue weighted by molar-refractivity contribution is -0.885. The Bertz CT molecular complexity index is 897. The molecule has 2 saturated heterocycles. The first kappa shape index (κ1) is 23.9. The van der Waals surface area contributed by atoms with Crippen LogP contribution in [0, 0.1) is 16.5 Å². The first-order chi connectivity index (χ1) is 15.9. The van der Waals surface area contributed by atoms with E-state index in [-0.39, 0.29) is 27.9 Å². The number of aromatic nitrogens is 1. The zero-order chi connectivity index (χ0) is 23.3. The average molecular weight is 451 g/mol. The van der Waals surface area contributed by atoms with E-state index < -0.39 is 0 Å². The van der Waals surface area contributed by atoms with E-state index in [0.29, 0.717) is 19.6 Å². The van der Waals surface area contributed by atoms with Gasteiger partial charge in [-0.15, -0.1) is 0 Å². The van der Waals surface area contributed by atoms with Gasteiger partial charge in [-0.1, -0.05) is 50.2 Å². The fourth-order valence-corrected chi connectivity index (χ4v) is 5.45. The molecule has 1 aromatic carbocycles. The zero-order valence-electron chi connectivity index (χ0n) is 20.1. The summed E-state index contributed by atoms with van der Waals surface area (Å²) in [6.07, 6.45) is 5.88. The van der Waals surface area contributed by atoms with Gasteiger partial charge in [0.1, 0.15) is 6.54 Å². The third-order valence-corrected chi connectivity index (χ3v) is 7.54. The fraction of sp³-hybridized carbons (Fsp3) is 0.556. The smallest absolute Gasteiger partial charge is 0.223 e. The lowest BCUT2D eigenvalue weighted by Gasteiger charge is -2.43. The van der Waals surface area contributed by atoms with Crippen LogP contribution in [-0.4, -0.2) is 53.2 Å². The Labute approximate surface area is 198 Å². The molecular formula is C27H38N4O2. The van der Waals surface area contributed by atoms with E-state index in [1.165, 1.54) is 5.56 Å². The van der Waals surface area contributed by atoms with Gasteiger partial charge in [-0.2, -0.15) is 0 Å². The van der Waals surface area contributed by atoms with Crippen LogP contribution in [0.1, 0.15) is 56.8 Å². The van der Waals surface area contributed by atoms with E-state index in [1.54, 1.807) is 6.20 Å². The molecule has 0 bridgehead atoms. The van der Waals surface area contributed by atoms with Crippen molar-refractivity contribution in [1.82, 2.24) is 15.2 Å². The van der Waals surface area contributed by atoms with E-state index in [1.807, 2.05) is 50.2 Å². The van der Waals surface area contributed by atoms with Crippen molar-refractivity contribution in [2.24, 2.45) is 11.3 Å². The minimum Gasteiger partial charge on any atom is -0.632 e. The number of nitrogens with zero attached hydrogens (tertiary/aromatic N) is 3. The first-order valence-electron chi connectivity index (χ1n) is 12.4. The van der Waals surface area contributed by atoms with Crippen LogP contribution >= 0.6 is 0 Å². The van der Waals surface area contributed by atoms with Crippen molar-refractivity contribution < 1.29 is 9.44 Å². The van der Waals surface area contributed by atoms with Gasteiger partial charge in [0.05, 0.1) is 24.8 Å². The Morgan fingerprint density at radius 2 is 1.85 bits per heavy atom. The van der Waals surface area contributed by atoms with Crippen LogP contribution in [0.2, 0.25) is 0 Å². The second kappa shape index (κ2) is 10.3. The summed E-state index contributed by atoms with van der Waals surface area (Å²) < 4.78 is -0.131. The van der Waals surface area contributed by atoms with Gasteiger partial charge >= 0.3 is 0 Å². The molecule has 2 atom stereocenters. The third-order valence-electron chi connectivity index (χ3n) is 7.54. The maximum absolute atomic E-state index is 13.4. The number of likely N-dealkylation sites (tertiary alicyclic amines) is 2. The topological polar surface area (TPSA) is 68.3 Å². The molecule has 1 N–H and O–H groups in total. The van der Waals surface area contributed by atoms with Crippen molar-refractivity contribution in [1.29, 1.82) is 0 Å². The summed E-state index contributed by atoms with van der Waals surface area (Å²) in [7, 11) is 0. The van der Waals surface area contributed by atoms with Crippen molar-refractivity contribution >= 4 is 5.91 Å². The molecule has 4 rings (SSSR count). The molecule has 2 aliphatic heterocycles. The van der Waals surface area contributed by atoms with Crippen molar-refractivity contribution in [2.45, 2.75) is 52.1 Å². The van der Waals surface area contributed by atoms with Crippen LogP contribution in [0.3, 0.4) is 0 Å². The highest BCUT2D eigenvalue weighted by Gasteiger charge is 2.46. The van der Waals surface area contributed by atoms with Gasteiger partial charge < -0.3 is 20.1 Å². The summed E-state index contributed by atoms with van der Waals surface area (Å²) in [4.78, 5) is 19.3. The molecule has 178 valence electrons. The molecule has 1 amide bonds. The van der Waals surface area contributed by atoms with E-state index in [0.717, 1.165) is 51.0 Å². The van der Waals surface area contributed by atoms with Crippen molar-refractivity contribution in [3.05, 3.63) is 71.2 Å². The van der Waals surface area contributed by atoms with Gasteiger partial charge in [0.25, 0.3) is 0 Å². The molecule has 1 spiro atoms. The SMILES string of the molecule is CC(C)C(=O)NC(CCN1CCC2(CC1)CC[N@@+]([O-])(Cc1ccccn1)C2)c1ccccc1.